The second-order valence-electron chi connectivity index (χ2n) is 4.04. The van der Waals surface area contributed by atoms with Crippen molar-refractivity contribution in [3.63, 3.8) is 0 Å². The van der Waals surface area contributed by atoms with E-state index in [0.717, 1.165) is 11.3 Å². The Morgan fingerprint density at radius 3 is 2.68 bits per heavy atom. The molecule has 0 fully saturated rings. The van der Waals surface area contributed by atoms with Crippen molar-refractivity contribution >= 4 is 28.2 Å². The molecule has 0 radical (unpaired) electrons. The lowest BCUT2D eigenvalue weighted by Gasteiger charge is -2.19. The van der Waals surface area contributed by atoms with Gasteiger partial charge >= 0.3 is 11.0 Å². The van der Waals surface area contributed by atoms with E-state index in [9.17, 15) is 19.7 Å². The van der Waals surface area contributed by atoms with Crippen molar-refractivity contribution in [1.29, 1.82) is 0 Å². The van der Waals surface area contributed by atoms with Gasteiger partial charge in [0, 0.05) is 25.0 Å². The van der Waals surface area contributed by atoms with Gasteiger partial charge in [0.05, 0.1) is 23.5 Å². The number of carbonyl (C=O) groups excluding carboxylic acids is 2. The fourth-order valence-corrected chi connectivity index (χ4v) is 2.22. The van der Waals surface area contributed by atoms with Crippen LogP contribution < -0.4 is 0 Å². The second kappa shape index (κ2) is 6.28. The summed E-state index contributed by atoms with van der Waals surface area (Å²) in [6.07, 6.45) is 0. The summed E-state index contributed by atoms with van der Waals surface area (Å²) in [5.74, 6) is -1.22. The lowest BCUT2D eigenvalue weighted by Crippen LogP contribution is -2.33. The molecule has 0 bridgehead atoms. The van der Waals surface area contributed by atoms with Crippen LogP contribution in [0.5, 0.6) is 0 Å². The molecule has 0 saturated heterocycles. The highest BCUT2D eigenvalue weighted by Gasteiger charge is 2.22. The number of rotatable bonds is 5. The van der Waals surface area contributed by atoms with Gasteiger partial charge in [-0.1, -0.05) is 18.3 Å². The molecule has 0 aliphatic carbocycles. The summed E-state index contributed by atoms with van der Waals surface area (Å²) in [5, 5.41) is 11.9. The molecule has 0 N–H and O–H groups in total. The van der Waals surface area contributed by atoms with Crippen LogP contribution in [0.2, 0.25) is 0 Å². The third kappa shape index (κ3) is 3.75. The maximum absolute atomic E-state index is 12.0. The van der Waals surface area contributed by atoms with Gasteiger partial charge in [0.25, 0.3) is 5.91 Å². The molecule has 0 aliphatic heterocycles. The van der Waals surface area contributed by atoms with Crippen LogP contribution >= 0.6 is 11.3 Å². The topological polar surface area (TPSA) is 89.8 Å². The van der Waals surface area contributed by atoms with Crippen molar-refractivity contribution in [3.8, 4) is 0 Å². The van der Waals surface area contributed by atoms with Crippen molar-refractivity contribution in [2.45, 2.75) is 6.92 Å². The van der Waals surface area contributed by atoms with Gasteiger partial charge in [-0.05, 0) is 0 Å². The van der Waals surface area contributed by atoms with Crippen molar-refractivity contribution in [1.82, 2.24) is 4.90 Å². The lowest BCUT2D eigenvalue weighted by atomic mass is 10.1. The van der Waals surface area contributed by atoms with Crippen LogP contribution in [0.4, 0.5) is 5.00 Å². The monoisotopic (exact) mass is 286 g/mol. The number of amides is 1. The second-order valence-corrected chi connectivity index (χ2v) is 4.93. The minimum Gasteiger partial charge on any atom is -0.469 e. The Kier molecular flexibility index (Phi) is 4.99. The first-order chi connectivity index (χ1) is 8.86. The zero-order valence-corrected chi connectivity index (χ0v) is 11.6. The molecule has 1 rings (SSSR count). The summed E-state index contributed by atoms with van der Waals surface area (Å²) >= 11 is 0.895. The average Bonchev–Trinajstić information content (AvgIpc) is 2.86. The van der Waals surface area contributed by atoms with E-state index in [0.29, 0.717) is 0 Å². The largest absolute Gasteiger partial charge is 0.469 e. The number of hydrogen-bond donors (Lipinski definition) is 0. The van der Waals surface area contributed by atoms with Crippen molar-refractivity contribution in [2.24, 2.45) is 5.92 Å². The summed E-state index contributed by atoms with van der Waals surface area (Å²) in [6, 6.07) is 1.23. The number of hydrogen-bond acceptors (Lipinski definition) is 6. The van der Waals surface area contributed by atoms with E-state index in [-0.39, 0.29) is 23.0 Å². The first kappa shape index (κ1) is 15.1. The number of ether oxygens (including phenoxy) is 1. The maximum atomic E-state index is 12.0. The van der Waals surface area contributed by atoms with E-state index in [1.54, 1.807) is 6.92 Å². The number of thiophene rings is 1. The lowest BCUT2D eigenvalue weighted by molar-refractivity contribution is -0.380. The predicted octanol–water partition coefficient (Wildman–Crippen LogP) is 1.54. The molecule has 1 aromatic heterocycles. The molecule has 1 amide bonds. The van der Waals surface area contributed by atoms with Gasteiger partial charge in [-0.3, -0.25) is 19.7 Å². The van der Waals surface area contributed by atoms with Gasteiger partial charge in [0.15, 0.2) is 0 Å². The van der Waals surface area contributed by atoms with Crippen LogP contribution in [-0.2, 0) is 9.53 Å². The molecule has 1 atom stereocenters. The molecule has 0 aliphatic rings. The Hall–Kier alpha value is -1.96. The molecule has 0 saturated carbocycles. The molecule has 1 unspecified atom stereocenters. The minimum absolute atomic E-state index is 0.0854. The number of nitrogens with zero attached hydrogens (tertiary/aromatic N) is 2. The van der Waals surface area contributed by atoms with Gasteiger partial charge in [0.1, 0.15) is 0 Å². The molecule has 1 heterocycles. The number of esters is 1. The van der Waals surface area contributed by atoms with Crippen LogP contribution in [0.3, 0.4) is 0 Å². The summed E-state index contributed by atoms with van der Waals surface area (Å²) in [6.45, 7) is 1.83. The van der Waals surface area contributed by atoms with Gasteiger partial charge in [-0.2, -0.15) is 0 Å². The Morgan fingerprint density at radius 2 is 2.21 bits per heavy atom. The van der Waals surface area contributed by atoms with Crippen molar-refractivity contribution < 1.29 is 19.2 Å². The van der Waals surface area contributed by atoms with E-state index in [4.69, 9.17) is 0 Å². The van der Waals surface area contributed by atoms with Crippen LogP contribution in [0, 0.1) is 16.0 Å². The van der Waals surface area contributed by atoms with E-state index >= 15 is 0 Å². The number of carbonyl (C=O) groups is 2. The van der Waals surface area contributed by atoms with Gasteiger partial charge in [0.2, 0.25) is 0 Å². The first-order valence-corrected chi connectivity index (χ1v) is 6.31. The highest BCUT2D eigenvalue weighted by atomic mass is 32.1. The Labute approximate surface area is 113 Å². The fraction of sp³-hybridized carbons (Fsp3) is 0.455. The van der Waals surface area contributed by atoms with Gasteiger partial charge in [-0.25, -0.2) is 0 Å². The van der Waals surface area contributed by atoms with Crippen molar-refractivity contribution in [2.75, 3.05) is 20.7 Å². The summed E-state index contributed by atoms with van der Waals surface area (Å²) in [7, 11) is 2.81. The fourth-order valence-electron chi connectivity index (χ4n) is 1.52. The normalized spacial score (nSPS) is 11.7. The predicted molar refractivity (Wildman–Crippen MR) is 69.1 cm³/mol. The highest BCUT2D eigenvalue weighted by Crippen LogP contribution is 2.23. The van der Waals surface area contributed by atoms with Gasteiger partial charge in [-0.15, -0.1) is 0 Å². The third-order valence-corrected chi connectivity index (χ3v) is 3.39. The average molecular weight is 286 g/mol. The van der Waals surface area contributed by atoms with E-state index in [1.165, 1.54) is 30.5 Å². The third-order valence-electron chi connectivity index (χ3n) is 2.51. The smallest absolute Gasteiger partial charge is 0.324 e. The Bertz CT molecular complexity index is 499. The van der Waals surface area contributed by atoms with Crippen molar-refractivity contribution in [3.05, 3.63) is 27.1 Å². The van der Waals surface area contributed by atoms with E-state index in [2.05, 4.69) is 4.74 Å². The SMILES string of the molecule is COC(=O)C(C)CN(C)C(=O)c1csc([N+](=O)[O-])c1. The molecule has 1 aromatic rings. The number of nitro groups is 1. The van der Waals surface area contributed by atoms with Crippen LogP contribution in [0.1, 0.15) is 17.3 Å². The molecule has 0 spiro atoms. The summed E-state index contributed by atoms with van der Waals surface area (Å²) in [5.41, 5.74) is 0.247. The Morgan fingerprint density at radius 1 is 1.58 bits per heavy atom. The van der Waals surface area contributed by atoms with E-state index in [1.807, 2.05) is 0 Å². The van der Waals surface area contributed by atoms with E-state index < -0.39 is 16.8 Å². The summed E-state index contributed by atoms with van der Waals surface area (Å²) in [4.78, 5) is 34.6. The Balaban J connectivity index is 2.71. The molecule has 7 nitrogen and oxygen atoms in total. The molecule has 0 aromatic carbocycles. The maximum Gasteiger partial charge on any atom is 0.324 e. The van der Waals surface area contributed by atoms with Crippen LogP contribution in [0.15, 0.2) is 11.4 Å². The van der Waals surface area contributed by atoms with Gasteiger partial charge < -0.3 is 9.64 Å². The standard InChI is InChI=1S/C11H14N2O5S/c1-7(11(15)18-3)5-12(2)10(14)8-4-9(13(16)17)19-6-8/h4,6-7H,5H2,1-3H3. The van der Waals surface area contributed by atoms with Crippen LogP contribution in [-0.4, -0.2) is 42.4 Å². The minimum atomic E-state index is -0.543. The number of methoxy groups -OCH3 is 1. The van der Waals surface area contributed by atoms with Crippen LogP contribution in [0.25, 0.3) is 0 Å². The first-order valence-electron chi connectivity index (χ1n) is 5.43. The highest BCUT2D eigenvalue weighted by molar-refractivity contribution is 7.13. The zero-order chi connectivity index (χ0) is 14.6. The molecular formula is C11H14N2O5S. The molecular weight excluding hydrogens is 272 g/mol. The molecule has 19 heavy (non-hydrogen) atoms. The quantitative estimate of drug-likeness (QED) is 0.465. The summed E-state index contributed by atoms with van der Waals surface area (Å²) < 4.78 is 4.57. The molecule has 8 heteroatoms. The zero-order valence-electron chi connectivity index (χ0n) is 10.8. The molecule has 104 valence electrons.